The first-order valence-electron chi connectivity index (χ1n) is 13.0. The van der Waals surface area contributed by atoms with Gasteiger partial charge in [-0.1, -0.05) is 72.8 Å². The van der Waals surface area contributed by atoms with Crippen molar-refractivity contribution in [2.24, 2.45) is 0 Å². The predicted octanol–water partition coefficient (Wildman–Crippen LogP) is 2.20. The number of rotatable bonds is 4. The Labute approximate surface area is 269 Å². The predicted molar refractivity (Wildman–Crippen MR) is 171 cm³/mol. The SMILES string of the molecule is O=C1CCC(=O)N1Br.O=C1CCC(=O)N1Br.[Cl-].c1ccc([P+](c2ccccc2)(c2ccccc2)c2ccccc2)cc1. The van der Waals surface area contributed by atoms with Gasteiger partial charge < -0.3 is 12.4 Å². The van der Waals surface area contributed by atoms with Gasteiger partial charge in [0.1, 0.15) is 28.5 Å². The number of hydrogen-bond acceptors (Lipinski definition) is 4. The number of hydrogen-bond donors (Lipinski definition) is 0. The Morgan fingerprint density at radius 3 is 0.738 bits per heavy atom. The van der Waals surface area contributed by atoms with E-state index in [-0.39, 0.29) is 36.0 Å². The first kappa shape index (κ1) is 33.3. The molecule has 6 rings (SSSR count). The van der Waals surface area contributed by atoms with E-state index in [1.165, 1.54) is 21.2 Å². The van der Waals surface area contributed by atoms with Gasteiger partial charge >= 0.3 is 0 Å². The maximum Gasteiger partial charge on any atom is 0.239 e. The molecule has 2 saturated heterocycles. The van der Waals surface area contributed by atoms with E-state index in [9.17, 15) is 19.2 Å². The second kappa shape index (κ2) is 15.9. The fourth-order valence-corrected chi connectivity index (χ4v) is 9.57. The van der Waals surface area contributed by atoms with Crippen LogP contribution in [0.5, 0.6) is 0 Å². The van der Waals surface area contributed by atoms with Crippen LogP contribution in [0.3, 0.4) is 0 Å². The van der Waals surface area contributed by atoms with E-state index in [2.05, 4.69) is 154 Å². The van der Waals surface area contributed by atoms with E-state index < -0.39 is 7.26 Å². The summed E-state index contributed by atoms with van der Waals surface area (Å²) >= 11 is 5.61. The van der Waals surface area contributed by atoms with Crippen LogP contribution in [0.25, 0.3) is 0 Å². The Morgan fingerprint density at radius 2 is 0.595 bits per heavy atom. The summed E-state index contributed by atoms with van der Waals surface area (Å²) in [5.41, 5.74) is 0. The van der Waals surface area contributed by atoms with Gasteiger partial charge in [-0.3, -0.25) is 19.2 Å². The Kier molecular flexibility index (Phi) is 12.6. The van der Waals surface area contributed by atoms with E-state index in [1.807, 2.05) is 0 Å². The summed E-state index contributed by atoms with van der Waals surface area (Å²) in [5, 5.41) is 5.55. The molecule has 0 unspecified atom stereocenters. The Morgan fingerprint density at radius 1 is 0.405 bits per heavy atom. The molecule has 10 heteroatoms. The molecule has 216 valence electrons. The van der Waals surface area contributed by atoms with Gasteiger partial charge in [0.05, 0.1) is 32.3 Å². The van der Waals surface area contributed by atoms with E-state index in [1.54, 1.807) is 0 Å². The molecule has 0 saturated carbocycles. The highest BCUT2D eigenvalue weighted by atomic mass is 79.9. The third-order valence-corrected chi connectivity index (χ3v) is 12.4. The largest absolute Gasteiger partial charge is 1.00 e. The molecule has 0 N–H and O–H groups in total. The number of nitrogens with zero attached hydrogens (tertiary/aromatic N) is 2. The topological polar surface area (TPSA) is 74.8 Å². The van der Waals surface area contributed by atoms with Gasteiger partial charge in [0.15, 0.2) is 0 Å². The average Bonchev–Trinajstić information content (AvgIpc) is 3.49. The van der Waals surface area contributed by atoms with Crippen molar-refractivity contribution in [2.45, 2.75) is 25.7 Å². The lowest BCUT2D eigenvalue weighted by Crippen LogP contribution is -3.00. The van der Waals surface area contributed by atoms with Gasteiger partial charge in [0.2, 0.25) is 23.6 Å². The number of carbonyl (C=O) groups excluding carboxylic acids is 4. The maximum atomic E-state index is 10.4. The van der Waals surface area contributed by atoms with Crippen molar-refractivity contribution in [3.8, 4) is 0 Å². The van der Waals surface area contributed by atoms with E-state index in [0.717, 1.165) is 7.85 Å². The quantitative estimate of drug-likeness (QED) is 0.184. The van der Waals surface area contributed by atoms with Crippen molar-refractivity contribution in [3.05, 3.63) is 121 Å². The molecule has 2 aliphatic rings. The third kappa shape index (κ3) is 7.61. The van der Waals surface area contributed by atoms with Gasteiger partial charge in [0, 0.05) is 25.7 Å². The van der Waals surface area contributed by atoms with Crippen LogP contribution < -0.4 is 33.6 Å². The third-order valence-electron chi connectivity index (χ3n) is 6.56. The minimum Gasteiger partial charge on any atom is -1.00 e. The molecule has 0 aromatic heterocycles. The molecule has 4 aromatic rings. The van der Waals surface area contributed by atoms with Crippen molar-refractivity contribution in [1.82, 2.24) is 7.85 Å². The molecular weight excluding hydrogens is 703 g/mol. The van der Waals surface area contributed by atoms with Crippen molar-refractivity contribution in [2.75, 3.05) is 0 Å². The molecule has 4 aromatic carbocycles. The smallest absolute Gasteiger partial charge is 0.239 e. The van der Waals surface area contributed by atoms with Crippen molar-refractivity contribution in [3.63, 3.8) is 0 Å². The van der Waals surface area contributed by atoms with Crippen LogP contribution in [0.1, 0.15) is 25.7 Å². The Bertz CT molecular complexity index is 1270. The van der Waals surface area contributed by atoms with Gasteiger partial charge in [0.25, 0.3) is 0 Å². The fraction of sp³-hybridized carbons (Fsp3) is 0.125. The number of amides is 4. The number of imide groups is 2. The first-order valence-corrected chi connectivity index (χ1v) is 16.2. The van der Waals surface area contributed by atoms with E-state index in [0.29, 0.717) is 25.7 Å². The van der Waals surface area contributed by atoms with Crippen LogP contribution >= 0.6 is 39.6 Å². The second-order valence-corrected chi connectivity index (χ2v) is 14.0. The zero-order valence-corrected chi connectivity index (χ0v) is 27.3. The molecule has 0 bridgehead atoms. The summed E-state index contributed by atoms with van der Waals surface area (Å²) in [5.74, 6) is -0.574. The highest BCUT2D eigenvalue weighted by molar-refractivity contribution is 9.08. The lowest BCUT2D eigenvalue weighted by atomic mass is 10.3. The summed E-state index contributed by atoms with van der Waals surface area (Å²) in [6.45, 7) is 0. The summed E-state index contributed by atoms with van der Waals surface area (Å²) in [6.07, 6.45) is 1.41. The van der Waals surface area contributed by atoms with Crippen molar-refractivity contribution in [1.29, 1.82) is 0 Å². The van der Waals surface area contributed by atoms with E-state index in [4.69, 9.17) is 0 Å². The van der Waals surface area contributed by atoms with Crippen LogP contribution in [0.2, 0.25) is 0 Å². The second-order valence-electron chi connectivity index (χ2n) is 9.15. The first-order chi connectivity index (χ1) is 19.9. The monoisotopic (exact) mass is 728 g/mol. The van der Waals surface area contributed by atoms with Crippen LogP contribution in [0, 0.1) is 0 Å². The number of carbonyl (C=O) groups is 4. The van der Waals surface area contributed by atoms with Gasteiger partial charge in [-0.15, -0.1) is 0 Å². The van der Waals surface area contributed by atoms with Crippen molar-refractivity contribution < 1.29 is 31.6 Å². The normalized spacial score (nSPS) is 14.4. The molecule has 0 aliphatic carbocycles. The molecule has 0 radical (unpaired) electrons. The summed E-state index contributed by atoms with van der Waals surface area (Å²) in [4.78, 5) is 41.8. The molecule has 2 heterocycles. The lowest BCUT2D eigenvalue weighted by molar-refractivity contribution is -0.133. The van der Waals surface area contributed by atoms with Crippen LogP contribution in [0.4, 0.5) is 0 Å². The van der Waals surface area contributed by atoms with Gasteiger partial charge in [-0.05, 0) is 48.5 Å². The molecule has 4 amide bonds. The molecule has 2 fully saturated rings. The van der Waals surface area contributed by atoms with Crippen LogP contribution in [-0.2, 0) is 19.2 Å². The zero-order valence-electron chi connectivity index (χ0n) is 22.5. The number of halogens is 3. The molecule has 2 aliphatic heterocycles. The Balaban J connectivity index is 0.000000233. The van der Waals surface area contributed by atoms with Crippen molar-refractivity contribution >= 4 is 84.4 Å². The van der Waals surface area contributed by atoms with Gasteiger partial charge in [-0.2, -0.15) is 0 Å². The molecule has 6 nitrogen and oxygen atoms in total. The molecule has 0 spiro atoms. The highest BCUT2D eigenvalue weighted by Crippen LogP contribution is 2.53. The summed E-state index contributed by atoms with van der Waals surface area (Å²) in [7, 11) is -1.91. The molecule has 0 atom stereocenters. The molecule has 42 heavy (non-hydrogen) atoms. The zero-order chi connectivity index (χ0) is 29.2. The minimum absolute atomic E-state index is 0. The minimum atomic E-state index is -1.91. The number of benzene rings is 4. The highest BCUT2D eigenvalue weighted by Gasteiger charge is 2.47. The average molecular weight is 731 g/mol. The van der Waals surface area contributed by atoms with Gasteiger partial charge in [-0.25, -0.2) is 7.85 Å². The standard InChI is InChI=1S/C24H20P.2C4H4BrNO2.ClH/c1-5-13-21(14-6-1)25(22-15-7-2-8-16-22,23-17-9-3-10-18-23)24-19-11-4-12-20-24;2*5-6-3(7)1-2-4(6)8;/h1-20H;2*1-2H2;1H/q+1;;;/p-1. The fourth-order valence-electron chi connectivity index (χ4n) is 4.60. The molecular formula is C32H28Br2ClN2O4P. The summed E-state index contributed by atoms with van der Waals surface area (Å²) in [6, 6.07) is 43.8. The van der Waals surface area contributed by atoms with E-state index >= 15 is 0 Å². The van der Waals surface area contributed by atoms with Crippen LogP contribution in [-0.4, -0.2) is 31.5 Å². The lowest BCUT2D eigenvalue weighted by Gasteiger charge is -2.27. The van der Waals surface area contributed by atoms with Crippen LogP contribution in [0.15, 0.2) is 121 Å². The summed E-state index contributed by atoms with van der Waals surface area (Å²) < 4.78 is 1.96. The Hall–Kier alpha value is -3.16. The maximum absolute atomic E-state index is 10.4.